The van der Waals surface area contributed by atoms with Gasteiger partial charge in [0.25, 0.3) is 5.91 Å². The second-order valence-electron chi connectivity index (χ2n) is 6.70. The number of nitrogens with zero attached hydrogens (tertiary/aromatic N) is 2. The molecule has 0 radical (unpaired) electrons. The third kappa shape index (κ3) is 5.01. The SMILES string of the molecule is Cc1nc(-c2ccccn2)sc1C(=O)Nc1ccc(CC(=O)NC(C)C)cc1. The van der Waals surface area contributed by atoms with Crippen molar-refractivity contribution < 1.29 is 9.59 Å². The number of hydrogen-bond donors (Lipinski definition) is 2. The number of pyridine rings is 1. The summed E-state index contributed by atoms with van der Waals surface area (Å²) in [4.78, 5) is 33.8. The van der Waals surface area contributed by atoms with E-state index in [0.29, 0.717) is 22.7 Å². The molecule has 3 rings (SSSR count). The lowest BCUT2D eigenvalue weighted by molar-refractivity contribution is -0.120. The van der Waals surface area contributed by atoms with E-state index in [9.17, 15) is 9.59 Å². The number of amides is 2. The lowest BCUT2D eigenvalue weighted by Crippen LogP contribution is -2.31. The maximum absolute atomic E-state index is 12.6. The van der Waals surface area contributed by atoms with Crippen molar-refractivity contribution in [3.8, 4) is 10.7 Å². The van der Waals surface area contributed by atoms with Crippen molar-refractivity contribution >= 4 is 28.8 Å². The van der Waals surface area contributed by atoms with Gasteiger partial charge in [-0.1, -0.05) is 18.2 Å². The van der Waals surface area contributed by atoms with Crippen LogP contribution < -0.4 is 10.6 Å². The number of benzene rings is 1. The second kappa shape index (κ2) is 8.75. The van der Waals surface area contributed by atoms with E-state index >= 15 is 0 Å². The summed E-state index contributed by atoms with van der Waals surface area (Å²) in [6.07, 6.45) is 2.02. The molecule has 2 heterocycles. The Labute approximate surface area is 168 Å². The zero-order chi connectivity index (χ0) is 20.1. The summed E-state index contributed by atoms with van der Waals surface area (Å²) in [6.45, 7) is 5.67. The first-order valence-corrected chi connectivity index (χ1v) is 9.82. The molecule has 6 nitrogen and oxygen atoms in total. The van der Waals surface area contributed by atoms with E-state index in [1.54, 1.807) is 18.3 Å². The molecule has 0 fully saturated rings. The molecule has 2 N–H and O–H groups in total. The van der Waals surface area contributed by atoms with E-state index in [-0.39, 0.29) is 17.9 Å². The number of nitrogens with one attached hydrogen (secondary N) is 2. The first kappa shape index (κ1) is 19.7. The Hall–Kier alpha value is -3.06. The van der Waals surface area contributed by atoms with Gasteiger partial charge in [0.1, 0.15) is 9.88 Å². The van der Waals surface area contributed by atoms with Gasteiger partial charge in [-0.25, -0.2) is 4.98 Å². The number of thiazole rings is 1. The summed E-state index contributed by atoms with van der Waals surface area (Å²) in [7, 11) is 0. The molecule has 0 bridgehead atoms. The summed E-state index contributed by atoms with van der Waals surface area (Å²) in [5.74, 6) is -0.225. The van der Waals surface area contributed by atoms with Crippen LogP contribution in [0.4, 0.5) is 5.69 Å². The molecule has 0 spiro atoms. The first-order valence-electron chi connectivity index (χ1n) is 9.01. The van der Waals surface area contributed by atoms with Crippen LogP contribution in [0.5, 0.6) is 0 Å². The summed E-state index contributed by atoms with van der Waals surface area (Å²) in [6, 6.07) is 13.0. The molecule has 2 aromatic heterocycles. The summed E-state index contributed by atoms with van der Waals surface area (Å²) in [5.41, 5.74) is 2.98. The standard InChI is InChI=1S/C21H22N4O2S/c1-13(2)23-18(26)12-15-7-9-16(10-8-15)25-20(27)19-14(3)24-21(28-19)17-6-4-5-11-22-17/h4-11,13H,12H2,1-3H3,(H,23,26)(H,25,27). The number of rotatable bonds is 6. The van der Waals surface area contributed by atoms with Crippen molar-refractivity contribution in [3.63, 3.8) is 0 Å². The van der Waals surface area contributed by atoms with Crippen LogP contribution in [0.25, 0.3) is 10.7 Å². The number of hydrogen-bond acceptors (Lipinski definition) is 5. The molecule has 0 saturated carbocycles. The Balaban J connectivity index is 1.67. The van der Waals surface area contributed by atoms with Gasteiger partial charge in [0.2, 0.25) is 5.91 Å². The quantitative estimate of drug-likeness (QED) is 0.665. The Morgan fingerprint density at radius 1 is 1.11 bits per heavy atom. The molecule has 0 aliphatic rings. The average molecular weight is 395 g/mol. The van der Waals surface area contributed by atoms with Gasteiger partial charge in [0.15, 0.2) is 0 Å². The fourth-order valence-electron chi connectivity index (χ4n) is 2.66. The number of carbonyl (C=O) groups is 2. The molecule has 0 saturated heterocycles. The molecule has 0 aliphatic carbocycles. The molecule has 0 aliphatic heterocycles. The number of anilines is 1. The van der Waals surface area contributed by atoms with E-state index < -0.39 is 0 Å². The van der Waals surface area contributed by atoms with Gasteiger partial charge in [-0.2, -0.15) is 0 Å². The van der Waals surface area contributed by atoms with Crippen LogP contribution in [-0.4, -0.2) is 27.8 Å². The highest BCUT2D eigenvalue weighted by atomic mass is 32.1. The molecule has 0 unspecified atom stereocenters. The number of carbonyl (C=O) groups excluding carboxylic acids is 2. The molecule has 3 aromatic rings. The zero-order valence-corrected chi connectivity index (χ0v) is 16.8. The second-order valence-corrected chi connectivity index (χ2v) is 7.70. The normalized spacial score (nSPS) is 10.7. The summed E-state index contributed by atoms with van der Waals surface area (Å²) >= 11 is 1.32. The minimum absolute atomic E-state index is 0.0193. The third-order valence-electron chi connectivity index (χ3n) is 3.91. The van der Waals surface area contributed by atoms with E-state index in [0.717, 1.165) is 16.3 Å². The van der Waals surface area contributed by atoms with Crippen LogP contribution in [0.1, 0.15) is 34.8 Å². The van der Waals surface area contributed by atoms with Crippen LogP contribution in [-0.2, 0) is 11.2 Å². The molecule has 7 heteroatoms. The van der Waals surface area contributed by atoms with Crippen molar-refractivity contribution in [3.05, 3.63) is 64.8 Å². The van der Waals surface area contributed by atoms with E-state index in [2.05, 4.69) is 20.6 Å². The van der Waals surface area contributed by atoms with Gasteiger partial charge in [0, 0.05) is 17.9 Å². The largest absolute Gasteiger partial charge is 0.354 e. The third-order valence-corrected chi connectivity index (χ3v) is 5.09. The van der Waals surface area contributed by atoms with Crippen LogP contribution >= 0.6 is 11.3 Å². The van der Waals surface area contributed by atoms with Gasteiger partial charge in [-0.3, -0.25) is 14.6 Å². The van der Waals surface area contributed by atoms with Crippen LogP contribution in [0.3, 0.4) is 0 Å². The van der Waals surface area contributed by atoms with Crippen LogP contribution in [0, 0.1) is 6.92 Å². The van der Waals surface area contributed by atoms with Crippen molar-refractivity contribution in [1.29, 1.82) is 0 Å². The van der Waals surface area contributed by atoms with Crippen molar-refractivity contribution in [2.24, 2.45) is 0 Å². The Morgan fingerprint density at radius 3 is 2.50 bits per heavy atom. The Morgan fingerprint density at radius 2 is 1.86 bits per heavy atom. The van der Waals surface area contributed by atoms with E-state index in [4.69, 9.17) is 0 Å². The van der Waals surface area contributed by atoms with E-state index in [1.165, 1.54) is 11.3 Å². The van der Waals surface area contributed by atoms with Crippen LogP contribution in [0.15, 0.2) is 48.7 Å². The number of aryl methyl sites for hydroxylation is 1. The fourth-order valence-corrected chi connectivity index (χ4v) is 3.60. The highest BCUT2D eigenvalue weighted by molar-refractivity contribution is 7.17. The van der Waals surface area contributed by atoms with Gasteiger partial charge in [-0.05, 0) is 50.6 Å². The van der Waals surface area contributed by atoms with Gasteiger partial charge in [0.05, 0.1) is 17.8 Å². The predicted octanol–water partition coefficient (Wildman–Crippen LogP) is 3.83. The fraction of sp³-hybridized carbons (Fsp3) is 0.238. The highest BCUT2D eigenvalue weighted by Crippen LogP contribution is 2.27. The topological polar surface area (TPSA) is 84.0 Å². The Kier molecular flexibility index (Phi) is 6.16. The minimum Gasteiger partial charge on any atom is -0.354 e. The average Bonchev–Trinajstić information content (AvgIpc) is 3.05. The molecule has 2 amide bonds. The highest BCUT2D eigenvalue weighted by Gasteiger charge is 2.17. The molecule has 0 atom stereocenters. The lowest BCUT2D eigenvalue weighted by Gasteiger charge is -2.09. The molecule has 28 heavy (non-hydrogen) atoms. The summed E-state index contributed by atoms with van der Waals surface area (Å²) in [5, 5.41) is 6.47. The van der Waals surface area contributed by atoms with Crippen molar-refractivity contribution in [2.45, 2.75) is 33.2 Å². The number of aromatic nitrogens is 2. The van der Waals surface area contributed by atoms with Gasteiger partial charge in [-0.15, -0.1) is 11.3 Å². The van der Waals surface area contributed by atoms with Crippen LogP contribution in [0.2, 0.25) is 0 Å². The molecular weight excluding hydrogens is 372 g/mol. The molecule has 144 valence electrons. The predicted molar refractivity (Wildman–Crippen MR) is 111 cm³/mol. The van der Waals surface area contributed by atoms with Crippen molar-refractivity contribution in [1.82, 2.24) is 15.3 Å². The maximum atomic E-state index is 12.6. The maximum Gasteiger partial charge on any atom is 0.267 e. The van der Waals surface area contributed by atoms with Crippen molar-refractivity contribution in [2.75, 3.05) is 5.32 Å². The van der Waals surface area contributed by atoms with E-state index in [1.807, 2.05) is 51.1 Å². The first-order chi connectivity index (χ1) is 13.4. The smallest absolute Gasteiger partial charge is 0.267 e. The monoisotopic (exact) mass is 394 g/mol. The van der Waals surface area contributed by atoms with Gasteiger partial charge >= 0.3 is 0 Å². The minimum atomic E-state index is -0.206. The Bertz CT molecular complexity index is 966. The zero-order valence-electron chi connectivity index (χ0n) is 16.0. The molecular formula is C21H22N4O2S. The lowest BCUT2D eigenvalue weighted by atomic mass is 10.1. The molecule has 1 aromatic carbocycles. The van der Waals surface area contributed by atoms with Gasteiger partial charge < -0.3 is 10.6 Å². The summed E-state index contributed by atoms with van der Waals surface area (Å²) < 4.78 is 0.